The number of hydrogen-bond donors (Lipinski definition) is 1. The van der Waals surface area contributed by atoms with Gasteiger partial charge in [0.15, 0.2) is 11.5 Å². The highest BCUT2D eigenvalue weighted by Gasteiger charge is 2.31. The Bertz CT molecular complexity index is 1070. The molecule has 32 heavy (non-hydrogen) atoms. The number of thiophene rings is 1. The monoisotopic (exact) mass is 448 g/mol. The van der Waals surface area contributed by atoms with E-state index in [1.54, 1.807) is 11.3 Å². The number of hydrogen-bond acceptors (Lipinski definition) is 5. The lowest BCUT2D eigenvalue weighted by Crippen LogP contribution is -2.39. The molecule has 0 unspecified atom stereocenters. The highest BCUT2D eigenvalue weighted by Crippen LogP contribution is 2.38. The molecule has 1 aromatic heterocycles. The van der Waals surface area contributed by atoms with Crippen molar-refractivity contribution in [1.82, 2.24) is 10.2 Å². The predicted molar refractivity (Wildman–Crippen MR) is 126 cm³/mol. The van der Waals surface area contributed by atoms with Gasteiger partial charge in [0, 0.05) is 11.4 Å². The predicted octanol–water partition coefficient (Wildman–Crippen LogP) is 4.87. The van der Waals surface area contributed by atoms with E-state index in [0.29, 0.717) is 19.8 Å². The Morgan fingerprint density at radius 3 is 2.72 bits per heavy atom. The smallest absolute Gasteiger partial charge is 0.237 e. The Morgan fingerprint density at radius 1 is 1.12 bits per heavy atom. The van der Waals surface area contributed by atoms with Gasteiger partial charge in [-0.3, -0.25) is 10.1 Å². The topological polar surface area (TPSA) is 50.8 Å². The van der Waals surface area contributed by atoms with Crippen LogP contribution in [0.25, 0.3) is 0 Å². The maximum Gasteiger partial charge on any atom is 0.237 e. The summed E-state index contributed by atoms with van der Waals surface area (Å²) < 4.78 is 11.4. The van der Waals surface area contributed by atoms with Crippen LogP contribution in [0.4, 0.5) is 0 Å². The van der Waals surface area contributed by atoms with Crippen LogP contribution >= 0.6 is 11.3 Å². The summed E-state index contributed by atoms with van der Waals surface area (Å²) in [5.74, 6) is 1.70. The molecule has 5 nitrogen and oxygen atoms in total. The van der Waals surface area contributed by atoms with Crippen molar-refractivity contribution in [3.63, 3.8) is 0 Å². The van der Waals surface area contributed by atoms with Gasteiger partial charge < -0.3 is 14.4 Å². The molecule has 0 saturated carbocycles. The van der Waals surface area contributed by atoms with Gasteiger partial charge in [-0.2, -0.15) is 0 Å². The van der Waals surface area contributed by atoms with Crippen molar-refractivity contribution >= 4 is 17.2 Å². The van der Waals surface area contributed by atoms with Crippen LogP contribution in [0.15, 0.2) is 60.0 Å². The quantitative estimate of drug-likeness (QED) is 0.585. The molecule has 1 N–H and O–H groups in total. The molecule has 1 fully saturated rings. The Balaban J connectivity index is 1.30. The summed E-state index contributed by atoms with van der Waals surface area (Å²) in [7, 11) is 0. The summed E-state index contributed by atoms with van der Waals surface area (Å²) in [4.78, 5) is 16.5. The van der Waals surface area contributed by atoms with E-state index < -0.39 is 0 Å². The third-order valence-corrected chi connectivity index (χ3v) is 7.16. The molecule has 3 heterocycles. The Hall–Kier alpha value is -2.83. The van der Waals surface area contributed by atoms with Gasteiger partial charge in [0.25, 0.3) is 0 Å². The van der Waals surface area contributed by atoms with Crippen molar-refractivity contribution in [3.05, 3.63) is 81.5 Å². The molecule has 0 radical (unpaired) electrons. The van der Waals surface area contributed by atoms with Crippen LogP contribution in [0.3, 0.4) is 0 Å². The fourth-order valence-corrected chi connectivity index (χ4v) is 5.39. The minimum Gasteiger partial charge on any atom is -0.486 e. The highest BCUT2D eigenvalue weighted by atomic mass is 32.1. The first-order chi connectivity index (χ1) is 15.7. The maximum atomic E-state index is 13.3. The number of aryl methyl sites for hydroxylation is 1. The molecule has 2 atom stereocenters. The van der Waals surface area contributed by atoms with Crippen molar-refractivity contribution in [3.8, 4) is 11.5 Å². The minimum atomic E-state index is 0.00916. The van der Waals surface area contributed by atoms with E-state index >= 15 is 0 Å². The second-order valence-electron chi connectivity index (χ2n) is 8.39. The summed E-state index contributed by atoms with van der Waals surface area (Å²) in [6, 6.07) is 18.9. The van der Waals surface area contributed by atoms with Gasteiger partial charge >= 0.3 is 0 Å². The van der Waals surface area contributed by atoms with E-state index in [1.807, 2.05) is 17.0 Å². The number of amides is 1. The second-order valence-corrected chi connectivity index (χ2v) is 9.37. The van der Waals surface area contributed by atoms with Crippen LogP contribution in [0.2, 0.25) is 0 Å². The van der Waals surface area contributed by atoms with Crippen LogP contribution in [-0.4, -0.2) is 37.1 Å². The number of nitrogens with zero attached hydrogens (tertiary/aromatic N) is 1. The number of carbonyl (C=O) groups excluding carboxylic acids is 1. The third kappa shape index (κ3) is 4.38. The number of benzene rings is 2. The van der Waals surface area contributed by atoms with Crippen molar-refractivity contribution in [2.75, 3.05) is 26.3 Å². The van der Waals surface area contributed by atoms with Gasteiger partial charge in [-0.1, -0.05) is 42.0 Å². The van der Waals surface area contributed by atoms with E-state index in [1.165, 1.54) is 16.0 Å². The van der Waals surface area contributed by atoms with Crippen LogP contribution in [0.1, 0.15) is 46.5 Å². The Morgan fingerprint density at radius 2 is 1.94 bits per heavy atom. The summed E-state index contributed by atoms with van der Waals surface area (Å²) in [5.41, 5.74) is 3.53. The molecule has 2 aromatic carbocycles. The molecule has 0 aliphatic carbocycles. The molecule has 1 saturated heterocycles. The normalized spacial score (nSPS) is 18.5. The molecule has 0 bridgehead atoms. The summed E-state index contributed by atoms with van der Waals surface area (Å²) in [5, 5.41) is 5.61. The molecular formula is C26H28N2O3S. The van der Waals surface area contributed by atoms with Gasteiger partial charge in [-0.15, -0.1) is 11.3 Å². The van der Waals surface area contributed by atoms with Gasteiger partial charge in [0.2, 0.25) is 5.91 Å². The molecular weight excluding hydrogens is 420 g/mol. The van der Waals surface area contributed by atoms with E-state index in [9.17, 15) is 4.79 Å². The summed E-state index contributed by atoms with van der Waals surface area (Å²) in [6.45, 7) is 4.33. The molecule has 5 rings (SSSR count). The van der Waals surface area contributed by atoms with E-state index in [-0.39, 0.29) is 18.0 Å². The molecule has 2 aliphatic rings. The number of carbonyl (C=O) groups is 1. The van der Waals surface area contributed by atoms with E-state index in [0.717, 1.165) is 36.4 Å². The largest absolute Gasteiger partial charge is 0.486 e. The van der Waals surface area contributed by atoms with Gasteiger partial charge in [-0.25, -0.2) is 0 Å². The van der Waals surface area contributed by atoms with Crippen molar-refractivity contribution in [1.29, 1.82) is 0 Å². The molecule has 2 aliphatic heterocycles. The van der Waals surface area contributed by atoms with Crippen LogP contribution < -0.4 is 14.8 Å². The third-order valence-electron chi connectivity index (χ3n) is 6.22. The van der Waals surface area contributed by atoms with Crippen molar-refractivity contribution < 1.29 is 14.3 Å². The minimum absolute atomic E-state index is 0.00916. The Kier molecular flexibility index (Phi) is 6.14. The lowest BCUT2D eigenvalue weighted by molar-refractivity contribution is -0.131. The lowest BCUT2D eigenvalue weighted by atomic mass is 10.0. The van der Waals surface area contributed by atoms with Crippen LogP contribution in [0, 0.1) is 6.92 Å². The number of nitrogens with one attached hydrogen (secondary N) is 1. The van der Waals surface area contributed by atoms with Crippen molar-refractivity contribution in [2.45, 2.75) is 31.8 Å². The lowest BCUT2D eigenvalue weighted by Gasteiger charge is -2.28. The summed E-state index contributed by atoms with van der Waals surface area (Å²) >= 11 is 1.71. The Labute approximate surface area is 193 Å². The van der Waals surface area contributed by atoms with Gasteiger partial charge in [0.05, 0.1) is 18.6 Å². The first-order valence-electron chi connectivity index (χ1n) is 11.2. The average molecular weight is 449 g/mol. The zero-order chi connectivity index (χ0) is 21.9. The fraction of sp³-hybridized carbons (Fsp3) is 0.346. The molecule has 3 aromatic rings. The molecule has 0 spiro atoms. The fourth-order valence-electron chi connectivity index (χ4n) is 4.57. The molecule has 1 amide bonds. The second kappa shape index (κ2) is 9.35. The zero-order valence-electron chi connectivity index (χ0n) is 18.3. The number of rotatable bonds is 6. The summed E-state index contributed by atoms with van der Waals surface area (Å²) in [6.07, 6.45) is 1.98. The molecule has 166 valence electrons. The highest BCUT2D eigenvalue weighted by molar-refractivity contribution is 7.10. The maximum absolute atomic E-state index is 13.3. The average Bonchev–Trinajstić information content (AvgIpc) is 3.52. The van der Waals surface area contributed by atoms with Crippen LogP contribution in [0.5, 0.6) is 11.5 Å². The number of likely N-dealkylation sites (tertiary alicyclic amines) is 1. The SMILES string of the molecule is Cc1ccc([C@@H](NCC(=O)N2CCC[C@H]2c2ccc3c(c2)OCCO3)c2cccs2)cc1. The van der Waals surface area contributed by atoms with Gasteiger partial charge in [-0.05, 0) is 54.5 Å². The van der Waals surface area contributed by atoms with Gasteiger partial charge in [0.1, 0.15) is 13.2 Å². The van der Waals surface area contributed by atoms with E-state index in [2.05, 4.69) is 60.1 Å². The zero-order valence-corrected chi connectivity index (χ0v) is 19.1. The first-order valence-corrected chi connectivity index (χ1v) is 12.1. The first kappa shape index (κ1) is 21.0. The number of ether oxygens (including phenoxy) is 2. The standard InChI is InChI=1S/C26H28N2O3S/c1-18-6-8-19(9-7-18)26(24-5-3-15-32-24)27-17-25(29)28-12-2-4-21(28)20-10-11-22-23(16-20)31-14-13-30-22/h3,5-11,15-16,21,26-27H,2,4,12-14,17H2,1H3/t21-,26+/m0/s1. The van der Waals surface area contributed by atoms with E-state index in [4.69, 9.17) is 9.47 Å². The molecule has 6 heteroatoms. The van der Waals surface area contributed by atoms with Crippen LogP contribution in [-0.2, 0) is 4.79 Å². The van der Waals surface area contributed by atoms with Crippen molar-refractivity contribution in [2.24, 2.45) is 0 Å². The number of fused-ring (bicyclic) bond motifs is 1.